The van der Waals surface area contributed by atoms with Crippen molar-refractivity contribution < 1.29 is 9.84 Å². The maximum absolute atomic E-state index is 8.95. The highest BCUT2D eigenvalue weighted by Crippen LogP contribution is 2.02. The van der Waals surface area contributed by atoms with Crippen molar-refractivity contribution >= 4 is 17.7 Å². The first-order chi connectivity index (χ1) is 5.20. The van der Waals surface area contributed by atoms with Crippen LogP contribution in [0.1, 0.15) is 0 Å². The van der Waals surface area contributed by atoms with E-state index in [0.29, 0.717) is 0 Å². The predicted octanol–water partition coefficient (Wildman–Crippen LogP) is 1.27. The molecule has 0 aromatic heterocycles. The van der Waals surface area contributed by atoms with Gasteiger partial charge < -0.3 is 9.84 Å². The van der Waals surface area contributed by atoms with E-state index in [1.165, 1.54) is 7.11 Å². The molecule has 0 saturated heterocycles. The van der Waals surface area contributed by atoms with Crippen LogP contribution >= 0.6 is 11.8 Å². The first-order valence-corrected chi connectivity index (χ1v) is 3.72. The summed E-state index contributed by atoms with van der Waals surface area (Å²) in [6.45, 7) is 0. The van der Waals surface area contributed by atoms with Gasteiger partial charge >= 0.3 is 0 Å². The van der Waals surface area contributed by atoms with E-state index in [1.807, 2.05) is 0 Å². The molecule has 0 aromatic rings. The number of aliphatic hydroxyl groups excluding tert-OH is 1. The Morgan fingerprint density at radius 3 is 3.00 bits per heavy atom. The van der Waals surface area contributed by atoms with Crippen molar-refractivity contribution in [2.75, 3.05) is 12.9 Å². The molecule has 0 heterocycles. The van der Waals surface area contributed by atoms with Gasteiger partial charge in [-0.15, -0.1) is 0 Å². The lowest BCUT2D eigenvalue weighted by molar-refractivity contribution is 0.391. The fraction of sp³-hybridized carbons (Fsp3) is 0.333. The van der Waals surface area contributed by atoms with Gasteiger partial charge in [0, 0.05) is 6.08 Å². The molecule has 2 N–H and O–H groups in total. The van der Waals surface area contributed by atoms with E-state index in [2.05, 4.69) is 4.74 Å². The average Bonchev–Trinajstić information content (AvgIpc) is 2.00. The lowest BCUT2D eigenvalue weighted by atomic mass is 10.5. The van der Waals surface area contributed by atoms with E-state index in [0.717, 1.165) is 17.8 Å². The summed E-state index contributed by atoms with van der Waals surface area (Å²) < 4.78 is 4.46. The number of hydrogen-bond acceptors (Lipinski definition) is 5. The van der Waals surface area contributed by atoms with E-state index in [1.54, 1.807) is 5.40 Å². The van der Waals surface area contributed by atoms with Gasteiger partial charge in [-0.05, 0) is 11.8 Å². The average molecular weight is 172 g/mol. The van der Waals surface area contributed by atoms with Crippen LogP contribution in [0.2, 0.25) is 0 Å². The molecule has 0 aromatic carbocycles. The van der Waals surface area contributed by atoms with E-state index in [4.69, 9.17) is 15.8 Å². The molecule has 0 saturated carbocycles. The summed E-state index contributed by atoms with van der Waals surface area (Å²) in [4.78, 5) is 0. The molecular weight excluding hydrogens is 164 g/mol. The fourth-order valence-electron chi connectivity index (χ4n) is 0.358. The van der Waals surface area contributed by atoms with Crippen LogP contribution in [0.25, 0.3) is 0 Å². The third-order valence-electron chi connectivity index (χ3n) is 0.802. The second-order valence-electron chi connectivity index (χ2n) is 1.58. The molecule has 0 radical (unpaired) electrons. The second-order valence-corrected chi connectivity index (χ2v) is 2.34. The number of aliphatic hydroxyl groups is 1. The molecule has 0 aliphatic rings. The van der Waals surface area contributed by atoms with Crippen LogP contribution in [0.15, 0.2) is 11.8 Å². The number of rotatable bonds is 3. The predicted molar refractivity (Wildman–Crippen MR) is 43.5 cm³/mol. The Kier molecular flexibility index (Phi) is 5.03. The van der Waals surface area contributed by atoms with Crippen LogP contribution < -0.4 is 0 Å². The van der Waals surface area contributed by atoms with E-state index in [-0.39, 0.29) is 17.4 Å². The Balaban J connectivity index is 3.82. The molecule has 0 spiro atoms. The molecule has 0 amide bonds. The minimum absolute atomic E-state index is 0.0385. The maximum Gasteiger partial charge on any atom is 0.208 e. The first kappa shape index (κ1) is 9.85. The molecule has 5 heteroatoms. The maximum atomic E-state index is 8.95. The molecule has 11 heavy (non-hydrogen) atoms. The van der Waals surface area contributed by atoms with Crippen LogP contribution in [0, 0.1) is 16.1 Å². The molecule has 0 aliphatic heterocycles. The van der Waals surface area contributed by atoms with Gasteiger partial charge in [-0.1, -0.05) is 0 Å². The molecule has 60 valence electrons. The second kappa shape index (κ2) is 5.62. The van der Waals surface area contributed by atoms with Crippen LogP contribution in [-0.4, -0.2) is 23.9 Å². The van der Waals surface area contributed by atoms with Crippen LogP contribution in [-0.2, 0) is 4.74 Å². The van der Waals surface area contributed by atoms with Crippen molar-refractivity contribution in [1.29, 1.82) is 10.7 Å². The first-order valence-electron chi connectivity index (χ1n) is 2.73. The molecule has 0 aliphatic carbocycles. The monoisotopic (exact) mass is 172 g/mol. The third-order valence-corrected chi connectivity index (χ3v) is 1.37. The van der Waals surface area contributed by atoms with E-state index < -0.39 is 0 Å². The van der Waals surface area contributed by atoms with E-state index in [9.17, 15) is 0 Å². The number of hydrogen-bond donors (Lipinski definition) is 2. The number of ether oxygens (including phenoxy) is 1. The molecule has 0 bridgehead atoms. The minimum atomic E-state index is -0.124. The van der Waals surface area contributed by atoms with Crippen LogP contribution in [0.5, 0.6) is 0 Å². The Morgan fingerprint density at radius 1 is 1.91 bits per heavy atom. The summed E-state index contributed by atoms with van der Waals surface area (Å²) in [6.07, 6.45) is 1.16. The zero-order valence-electron chi connectivity index (χ0n) is 6.00. The molecule has 0 unspecified atom stereocenters. The molecule has 0 rings (SSSR count). The highest BCUT2D eigenvalue weighted by molar-refractivity contribution is 8.03. The van der Waals surface area contributed by atoms with E-state index >= 15 is 0 Å². The quantitative estimate of drug-likeness (QED) is 0.291. The summed E-state index contributed by atoms with van der Waals surface area (Å²) in [5.41, 5.74) is 0. The van der Waals surface area contributed by atoms with Gasteiger partial charge in [0.1, 0.15) is 11.2 Å². The lowest BCUT2D eigenvalue weighted by Crippen LogP contribution is -1.96. The SMILES string of the molecule is COC(=N)/C=C(\O)CSC#N. The largest absolute Gasteiger partial charge is 0.511 e. The summed E-state index contributed by atoms with van der Waals surface area (Å²) in [7, 11) is 1.34. The smallest absolute Gasteiger partial charge is 0.208 e. The van der Waals surface area contributed by atoms with Gasteiger partial charge in [-0.2, -0.15) is 5.26 Å². The zero-order valence-corrected chi connectivity index (χ0v) is 6.81. The standard InChI is InChI=1S/C6H8N2O2S/c1-10-6(8)2-5(9)3-11-4-7/h2,8-9H,3H2,1H3/b5-2-,8-6?. The van der Waals surface area contributed by atoms with Crippen LogP contribution in [0.4, 0.5) is 0 Å². The van der Waals surface area contributed by atoms with Gasteiger partial charge in [0.15, 0.2) is 0 Å². The molecule has 0 fully saturated rings. The number of nitrogens with zero attached hydrogens (tertiary/aromatic N) is 1. The Bertz CT molecular complexity index is 207. The van der Waals surface area contributed by atoms with Gasteiger partial charge in [0.05, 0.1) is 12.9 Å². The highest BCUT2D eigenvalue weighted by Gasteiger charge is 1.95. The summed E-state index contributed by atoms with van der Waals surface area (Å²) >= 11 is 0.904. The topological polar surface area (TPSA) is 77.1 Å². The third kappa shape index (κ3) is 5.30. The van der Waals surface area contributed by atoms with Crippen molar-refractivity contribution in [1.82, 2.24) is 0 Å². The van der Waals surface area contributed by atoms with Crippen molar-refractivity contribution in [3.8, 4) is 5.40 Å². The summed E-state index contributed by atoms with van der Waals surface area (Å²) in [5, 5.41) is 25.8. The van der Waals surface area contributed by atoms with Crippen molar-refractivity contribution in [3.05, 3.63) is 11.8 Å². The summed E-state index contributed by atoms with van der Waals surface area (Å²) in [6, 6.07) is 0. The number of methoxy groups -OCH3 is 1. The Hall–Kier alpha value is -1.15. The Labute approximate surface area is 69.0 Å². The number of nitrogens with one attached hydrogen (secondary N) is 1. The molecule has 4 nitrogen and oxygen atoms in total. The Morgan fingerprint density at radius 2 is 2.55 bits per heavy atom. The lowest BCUT2D eigenvalue weighted by Gasteiger charge is -1.96. The normalized spacial score (nSPS) is 10.4. The number of nitriles is 1. The number of thioether (sulfide) groups is 1. The van der Waals surface area contributed by atoms with Gasteiger partial charge in [0.2, 0.25) is 5.90 Å². The van der Waals surface area contributed by atoms with Gasteiger partial charge in [0.25, 0.3) is 0 Å². The highest BCUT2D eigenvalue weighted by atomic mass is 32.2. The van der Waals surface area contributed by atoms with Gasteiger partial charge in [-0.25, -0.2) is 0 Å². The van der Waals surface area contributed by atoms with Crippen LogP contribution in [0.3, 0.4) is 0 Å². The van der Waals surface area contributed by atoms with Crippen molar-refractivity contribution in [2.24, 2.45) is 0 Å². The zero-order chi connectivity index (χ0) is 8.69. The van der Waals surface area contributed by atoms with Gasteiger partial charge in [-0.3, -0.25) is 5.41 Å². The van der Waals surface area contributed by atoms with Crippen molar-refractivity contribution in [3.63, 3.8) is 0 Å². The minimum Gasteiger partial charge on any atom is -0.511 e. The molecule has 0 atom stereocenters. The molecular formula is C6H8N2O2S. The number of thiocyanates is 1. The van der Waals surface area contributed by atoms with Crippen molar-refractivity contribution in [2.45, 2.75) is 0 Å². The fourth-order valence-corrected chi connectivity index (χ4v) is 0.654. The summed E-state index contributed by atoms with van der Waals surface area (Å²) in [5.74, 6) is 0.0202.